The zero-order valence-electron chi connectivity index (χ0n) is 8.57. The van der Waals surface area contributed by atoms with Crippen molar-refractivity contribution in [3.63, 3.8) is 0 Å². The highest BCUT2D eigenvalue weighted by molar-refractivity contribution is 6.35. The van der Waals surface area contributed by atoms with Gasteiger partial charge in [-0.1, -0.05) is 23.2 Å². The number of phenolic OH excluding ortho intramolecular Hbond substituents is 1. The molecule has 17 heavy (non-hydrogen) atoms. The molecule has 1 heterocycles. The van der Waals surface area contributed by atoms with Crippen molar-refractivity contribution in [2.75, 3.05) is 6.61 Å². The van der Waals surface area contributed by atoms with Crippen LogP contribution >= 0.6 is 35.6 Å². The SMILES string of the molecule is Cl.O=C1N[C@@H](c2c(O)cc(Cl)cc2Cl)CCO1. The Bertz CT molecular complexity index is 416. The van der Waals surface area contributed by atoms with E-state index in [-0.39, 0.29) is 24.2 Å². The largest absolute Gasteiger partial charge is 0.507 e. The molecule has 4 nitrogen and oxygen atoms in total. The third-order valence-corrected chi connectivity index (χ3v) is 2.88. The Morgan fingerprint density at radius 1 is 1.41 bits per heavy atom. The van der Waals surface area contributed by atoms with Gasteiger partial charge in [-0.2, -0.15) is 0 Å². The quantitative estimate of drug-likeness (QED) is 0.836. The van der Waals surface area contributed by atoms with Crippen LogP contribution in [0.25, 0.3) is 0 Å². The summed E-state index contributed by atoms with van der Waals surface area (Å²) in [6.07, 6.45) is 0.0439. The highest BCUT2D eigenvalue weighted by atomic mass is 35.5. The van der Waals surface area contributed by atoms with Crippen molar-refractivity contribution in [1.82, 2.24) is 5.32 Å². The molecule has 0 spiro atoms. The third kappa shape index (κ3) is 3.09. The highest BCUT2D eigenvalue weighted by Crippen LogP contribution is 2.36. The first-order valence-corrected chi connectivity index (χ1v) is 5.44. The van der Waals surface area contributed by atoms with E-state index < -0.39 is 6.09 Å². The molecule has 0 saturated carbocycles. The van der Waals surface area contributed by atoms with Crippen LogP contribution < -0.4 is 5.32 Å². The van der Waals surface area contributed by atoms with Gasteiger partial charge in [0.2, 0.25) is 0 Å². The van der Waals surface area contributed by atoms with Gasteiger partial charge in [-0.05, 0) is 12.1 Å². The zero-order chi connectivity index (χ0) is 11.7. The van der Waals surface area contributed by atoms with Crippen LogP contribution in [-0.2, 0) is 4.74 Å². The van der Waals surface area contributed by atoms with Gasteiger partial charge < -0.3 is 15.2 Å². The predicted molar refractivity (Wildman–Crippen MR) is 67.2 cm³/mol. The van der Waals surface area contributed by atoms with E-state index in [1.54, 1.807) is 0 Å². The van der Waals surface area contributed by atoms with Crippen molar-refractivity contribution in [2.45, 2.75) is 12.5 Å². The van der Waals surface area contributed by atoms with Gasteiger partial charge in [0.1, 0.15) is 5.75 Å². The Morgan fingerprint density at radius 3 is 2.71 bits per heavy atom. The van der Waals surface area contributed by atoms with Crippen LogP contribution in [0.4, 0.5) is 4.79 Å². The number of nitrogens with one attached hydrogen (secondary N) is 1. The van der Waals surface area contributed by atoms with Crippen LogP contribution in [0.15, 0.2) is 12.1 Å². The minimum absolute atomic E-state index is 0. The van der Waals surface area contributed by atoms with E-state index >= 15 is 0 Å². The predicted octanol–water partition coefficient (Wildman–Crippen LogP) is 3.29. The van der Waals surface area contributed by atoms with Crippen LogP contribution in [0.3, 0.4) is 0 Å². The lowest BCUT2D eigenvalue weighted by Gasteiger charge is -2.25. The number of benzene rings is 1. The number of phenols is 1. The molecule has 7 heteroatoms. The van der Waals surface area contributed by atoms with Gasteiger partial charge in [-0.25, -0.2) is 4.79 Å². The third-order valence-electron chi connectivity index (χ3n) is 2.35. The number of aromatic hydroxyl groups is 1. The van der Waals surface area contributed by atoms with Gasteiger partial charge in [0.15, 0.2) is 0 Å². The number of alkyl carbamates (subject to hydrolysis) is 1. The first-order chi connectivity index (χ1) is 7.58. The number of halogens is 3. The summed E-state index contributed by atoms with van der Waals surface area (Å²) in [4.78, 5) is 11.1. The van der Waals surface area contributed by atoms with E-state index in [9.17, 15) is 9.90 Å². The Morgan fingerprint density at radius 2 is 2.12 bits per heavy atom. The van der Waals surface area contributed by atoms with Crippen molar-refractivity contribution >= 4 is 41.7 Å². The van der Waals surface area contributed by atoms with Crippen molar-refractivity contribution in [1.29, 1.82) is 0 Å². The topological polar surface area (TPSA) is 58.6 Å². The maximum absolute atomic E-state index is 11.1. The average Bonchev–Trinajstić information content (AvgIpc) is 2.15. The standard InChI is InChI=1S/C10H9Cl2NO3.ClH/c11-5-3-6(12)9(8(14)4-5)7-1-2-16-10(15)13-7;/h3-4,7,14H,1-2H2,(H,13,15);1H/t7-;/m1./s1. The number of carbonyl (C=O) groups is 1. The van der Waals surface area contributed by atoms with Gasteiger partial charge in [-0.3, -0.25) is 0 Å². The van der Waals surface area contributed by atoms with Crippen LogP contribution in [0.1, 0.15) is 18.0 Å². The van der Waals surface area contributed by atoms with E-state index in [1.165, 1.54) is 12.1 Å². The van der Waals surface area contributed by atoms with Crippen LogP contribution in [0, 0.1) is 0 Å². The second-order valence-corrected chi connectivity index (χ2v) is 4.29. The molecule has 1 atom stereocenters. The van der Waals surface area contributed by atoms with Gasteiger partial charge in [-0.15, -0.1) is 12.4 Å². The summed E-state index contributed by atoms with van der Waals surface area (Å²) >= 11 is 11.7. The summed E-state index contributed by atoms with van der Waals surface area (Å²) in [5.74, 6) is -0.0234. The summed E-state index contributed by atoms with van der Waals surface area (Å²) in [6.45, 7) is 0.300. The lowest BCUT2D eigenvalue weighted by Crippen LogP contribution is -2.35. The molecule has 0 radical (unpaired) electrons. The maximum atomic E-state index is 11.1. The van der Waals surface area contributed by atoms with E-state index in [2.05, 4.69) is 5.32 Å². The molecule has 1 fully saturated rings. The van der Waals surface area contributed by atoms with Crippen molar-refractivity contribution in [3.8, 4) is 5.75 Å². The summed E-state index contributed by atoms with van der Waals surface area (Å²) < 4.78 is 4.73. The van der Waals surface area contributed by atoms with E-state index in [4.69, 9.17) is 27.9 Å². The number of ether oxygens (including phenoxy) is 1. The minimum atomic E-state index is -0.512. The van der Waals surface area contributed by atoms with E-state index in [0.29, 0.717) is 28.6 Å². The molecule has 1 aromatic carbocycles. The zero-order valence-corrected chi connectivity index (χ0v) is 10.9. The van der Waals surface area contributed by atoms with Crippen molar-refractivity contribution in [3.05, 3.63) is 27.7 Å². The Hall–Kier alpha value is -0.840. The highest BCUT2D eigenvalue weighted by Gasteiger charge is 2.25. The minimum Gasteiger partial charge on any atom is -0.507 e. The molecule has 1 aliphatic rings. The Balaban J connectivity index is 0.00000144. The van der Waals surface area contributed by atoms with Gasteiger partial charge in [0.25, 0.3) is 0 Å². The molecule has 94 valence electrons. The second kappa shape index (κ2) is 5.67. The second-order valence-electron chi connectivity index (χ2n) is 3.44. The van der Waals surface area contributed by atoms with Crippen LogP contribution in [0.2, 0.25) is 10.0 Å². The summed E-state index contributed by atoms with van der Waals surface area (Å²) in [5.41, 5.74) is 0.475. The lowest BCUT2D eigenvalue weighted by atomic mass is 10.0. The summed E-state index contributed by atoms with van der Waals surface area (Å²) in [7, 11) is 0. The summed E-state index contributed by atoms with van der Waals surface area (Å²) in [6, 6.07) is 2.58. The molecule has 0 aromatic heterocycles. The monoisotopic (exact) mass is 297 g/mol. The molecular formula is C10H10Cl3NO3. The number of hydrogen-bond acceptors (Lipinski definition) is 3. The Labute approximate surface area is 114 Å². The average molecular weight is 299 g/mol. The van der Waals surface area contributed by atoms with Crippen LogP contribution in [0.5, 0.6) is 5.75 Å². The maximum Gasteiger partial charge on any atom is 0.407 e. The van der Waals surface area contributed by atoms with Gasteiger partial charge in [0, 0.05) is 17.0 Å². The number of cyclic esters (lactones) is 1. The molecule has 0 bridgehead atoms. The fourth-order valence-corrected chi connectivity index (χ4v) is 2.27. The molecule has 1 saturated heterocycles. The normalized spacial score (nSPS) is 18.9. The molecule has 1 aromatic rings. The molecule has 2 N–H and O–H groups in total. The van der Waals surface area contributed by atoms with Crippen molar-refractivity contribution < 1.29 is 14.6 Å². The Kier molecular flexibility index (Phi) is 4.74. The van der Waals surface area contributed by atoms with Gasteiger partial charge in [0.05, 0.1) is 17.7 Å². The van der Waals surface area contributed by atoms with E-state index in [1.807, 2.05) is 0 Å². The number of hydrogen-bond donors (Lipinski definition) is 2. The fraction of sp³-hybridized carbons (Fsp3) is 0.300. The smallest absolute Gasteiger partial charge is 0.407 e. The van der Waals surface area contributed by atoms with Gasteiger partial charge >= 0.3 is 6.09 Å². The number of carbonyl (C=O) groups excluding carboxylic acids is 1. The van der Waals surface area contributed by atoms with Crippen molar-refractivity contribution in [2.24, 2.45) is 0 Å². The summed E-state index contributed by atoms with van der Waals surface area (Å²) in [5, 5.41) is 13.0. The molecule has 0 aliphatic carbocycles. The molecule has 1 aliphatic heterocycles. The first-order valence-electron chi connectivity index (χ1n) is 4.69. The molecule has 1 amide bonds. The van der Waals surface area contributed by atoms with Crippen LogP contribution in [-0.4, -0.2) is 17.8 Å². The number of amides is 1. The fourth-order valence-electron chi connectivity index (χ4n) is 1.66. The molecule has 0 unspecified atom stereocenters. The number of rotatable bonds is 1. The first kappa shape index (κ1) is 14.2. The van der Waals surface area contributed by atoms with E-state index in [0.717, 1.165) is 0 Å². The lowest BCUT2D eigenvalue weighted by molar-refractivity contribution is 0.115. The molecule has 2 rings (SSSR count). The molecular weight excluding hydrogens is 288 g/mol.